The van der Waals surface area contributed by atoms with E-state index in [9.17, 15) is 22.8 Å². The summed E-state index contributed by atoms with van der Waals surface area (Å²) in [5.74, 6) is -1.01. The van der Waals surface area contributed by atoms with Gasteiger partial charge >= 0.3 is 12.1 Å². The number of pyridine rings is 1. The Morgan fingerprint density at radius 2 is 1.81 bits per heavy atom. The molecule has 0 unspecified atom stereocenters. The van der Waals surface area contributed by atoms with Crippen molar-refractivity contribution in [1.82, 2.24) is 10.3 Å². The van der Waals surface area contributed by atoms with E-state index < -0.39 is 23.7 Å². The Labute approximate surface area is 147 Å². The predicted octanol–water partition coefficient (Wildman–Crippen LogP) is 3.14. The lowest BCUT2D eigenvalue weighted by atomic mass is 10.2. The van der Waals surface area contributed by atoms with Gasteiger partial charge in [0.15, 0.2) is 0 Å². The first-order chi connectivity index (χ1) is 12.3. The molecule has 2 rings (SSSR count). The maximum absolute atomic E-state index is 12.7. The second kappa shape index (κ2) is 8.32. The highest BCUT2D eigenvalue weighted by molar-refractivity contribution is 5.96. The Morgan fingerprint density at radius 1 is 1.12 bits per heavy atom. The molecule has 0 atom stereocenters. The van der Waals surface area contributed by atoms with Gasteiger partial charge in [0.2, 0.25) is 0 Å². The fourth-order valence-electron chi connectivity index (χ4n) is 2.00. The number of esters is 1. The quantitative estimate of drug-likeness (QED) is 0.767. The molecule has 2 N–H and O–H groups in total. The van der Waals surface area contributed by atoms with E-state index in [1.165, 1.54) is 30.3 Å². The summed E-state index contributed by atoms with van der Waals surface area (Å²) >= 11 is 0. The van der Waals surface area contributed by atoms with E-state index in [4.69, 9.17) is 4.74 Å². The summed E-state index contributed by atoms with van der Waals surface area (Å²) in [7, 11) is 0. The number of nitrogens with one attached hydrogen (secondary N) is 2. The molecule has 6 nitrogen and oxygen atoms in total. The molecule has 0 spiro atoms. The normalized spacial score (nSPS) is 10.9. The molecule has 1 heterocycles. The number of nitrogens with zero attached hydrogens (tertiary/aromatic N) is 1. The Hall–Kier alpha value is -3.10. The molecular weight excluding hydrogens is 351 g/mol. The molecule has 0 bridgehead atoms. The van der Waals surface area contributed by atoms with Gasteiger partial charge in [-0.3, -0.25) is 14.6 Å². The van der Waals surface area contributed by atoms with Gasteiger partial charge in [0.05, 0.1) is 6.61 Å². The lowest BCUT2D eigenvalue weighted by molar-refractivity contribution is -0.142. The van der Waals surface area contributed by atoms with Crippen LogP contribution in [-0.4, -0.2) is 30.0 Å². The van der Waals surface area contributed by atoms with E-state index in [1.54, 1.807) is 6.92 Å². The van der Waals surface area contributed by atoms with Crippen molar-refractivity contribution < 1.29 is 27.5 Å². The first-order valence-electron chi connectivity index (χ1n) is 7.63. The summed E-state index contributed by atoms with van der Waals surface area (Å²) in [5.41, 5.74) is 0.00104. The number of carbonyl (C=O) groups excluding carboxylic acids is 2. The number of anilines is 2. The minimum Gasteiger partial charge on any atom is -0.465 e. The fraction of sp³-hybridized carbons (Fsp3) is 0.235. The maximum Gasteiger partial charge on any atom is 0.433 e. The largest absolute Gasteiger partial charge is 0.465 e. The third kappa shape index (κ3) is 5.47. The number of ether oxygens (including phenoxy) is 1. The van der Waals surface area contributed by atoms with Gasteiger partial charge in [0, 0.05) is 23.1 Å². The fourth-order valence-corrected chi connectivity index (χ4v) is 2.00. The molecule has 9 heteroatoms. The highest BCUT2D eigenvalue weighted by Gasteiger charge is 2.32. The summed E-state index contributed by atoms with van der Waals surface area (Å²) in [4.78, 5) is 26.4. The lowest BCUT2D eigenvalue weighted by Gasteiger charge is -2.10. The number of carbonyl (C=O) groups is 2. The van der Waals surface area contributed by atoms with Crippen molar-refractivity contribution in [2.24, 2.45) is 0 Å². The standard InChI is InChI=1S/C17H16F3N3O3/c1-2-26-15(24)10-22-16(25)11-3-5-12(6-4-11)23-13-7-8-21-14(9-13)17(18,19)20/h3-9H,2,10H2,1H3,(H,21,23)(H,22,25). The van der Waals surface area contributed by atoms with Gasteiger partial charge in [-0.15, -0.1) is 0 Å². The first-order valence-corrected chi connectivity index (χ1v) is 7.63. The van der Waals surface area contributed by atoms with Crippen molar-refractivity contribution in [3.05, 3.63) is 53.9 Å². The molecule has 0 aliphatic heterocycles. The van der Waals surface area contributed by atoms with Gasteiger partial charge in [0.25, 0.3) is 5.91 Å². The molecule has 0 aliphatic rings. The van der Waals surface area contributed by atoms with E-state index in [2.05, 4.69) is 15.6 Å². The van der Waals surface area contributed by atoms with Crippen LogP contribution in [-0.2, 0) is 15.7 Å². The molecule has 138 valence electrons. The second-order valence-electron chi connectivity index (χ2n) is 5.12. The van der Waals surface area contributed by atoms with Gasteiger partial charge in [-0.05, 0) is 43.3 Å². The number of rotatable bonds is 6. The van der Waals surface area contributed by atoms with Crippen LogP contribution < -0.4 is 10.6 Å². The molecule has 0 aliphatic carbocycles. The zero-order valence-corrected chi connectivity index (χ0v) is 13.8. The first kappa shape index (κ1) is 19.2. The molecule has 0 fully saturated rings. The zero-order chi connectivity index (χ0) is 19.2. The summed E-state index contributed by atoms with van der Waals surface area (Å²) < 4.78 is 42.7. The Balaban J connectivity index is 1.99. The average Bonchev–Trinajstić information content (AvgIpc) is 2.60. The van der Waals surface area contributed by atoms with E-state index in [0.717, 1.165) is 12.3 Å². The Bertz CT molecular complexity index is 777. The summed E-state index contributed by atoms with van der Waals surface area (Å²) in [6.45, 7) is 1.63. The average molecular weight is 367 g/mol. The van der Waals surface area contributed by atoms with Gasteiger partial charge in [-0.1, -0.05) is 0 Å². The van der Waals surface area contributed by atoms with Crippen molar-refractivity contribution in [1.29, 1.82) is 0 Å². The van der Waals surface area contributed by atoms with E-state index in [0.29, 0.717) is 11.3 Å². The monoisotopic (exact) mass is 367 g/mol. The van der Waals surface area contributed by atoms with Crippen LogP contribution in [0.5, 0.6) is 0 Å². The molecule has 1 aromatic carbocycles. The van der Waals surface area contributed by atoms with Crippen LogP contribution in [0.4, 0.5) is 24.5 Å². The smallest absolute Gasteiger partial charge is 0.433 e. The van der Waals surface area contributed by atoms with Crippen LogP contribution in [0.2, 0.25) is 0 Å². The molecule has 1 amide bonds. The summed E-state index contributed by atoms with van der Waals surface area (Å²) in [6, 6.07) is 8.32. The van der Waals surface area contributed by atoms with E-state index in [1.807, 2.05) is 0 Å². The van der Waals surface area contributed by atoms with Crippen LogP contribution in [0.15, 0.2) is 42.6 Å². The van der Waals surface area contributed by atoms with Crippen molar-refractivity contribution in [3.8, 4) is 0 Å². The summed E-state index contributed by atoms with van der Waals surface area (Å²) in [6.07, 6.45) is -3.47. The minimum atomic E-state index is -4.53. The molecular formula is C17H16F3N3O3. The predicted molar refractivity (Wildman–Crippen MR) is 87.9 cm³/mol. The minimum absolute atomic E-state index is 0.215. The molecule has 1 aromatic heterocycles. The van der Waals surface area contributed by atoms with E-state index in [-0.39, 0.29) is 18.8 Å². The van der Waals surface area contributed by atoms with Crippen LogP contribution in [0.1, 0.15) is 23.0 Å². The van der Waals surface area contributed by atoms with Gasteiger partial charge in [0.1, 0.15) is 12.2 Å². The number of alkyl halides is 3. The Morgan fingerprint density at radius 3 is 2.42 bits per heavy atom. The van der Waals surface area contributed by atoms with Crippen LogP contribution in [0, 0.1) is 0 Å². The zero-order valence-electron chi connectivity index (χ0n) is 13.8. The van der Waals surface area contributed by atoms with Crippen LogP contribution in [0.25, 0.3) is 0 Å². The van der Waals surface area contributed by atoms with Gasteiger partial charge in [-0.2, -0.15) is 13.2 Å². The third-order valence-electron chi connectivity index (χ3n) is 3.18. The van der Waals surface area contributed by atoms with Crippen LogP contribution in [0.3, 0.4) is 0 Å². The molecule has 2 aromatic rings. The highest BCUT2D eigenvalue weighted by atomic mass is 19.4. The SMILES string of the molecule is CCOC(=O)CNC(=O)c1ccc(Nc2ccnc(C(F)(F)F)c2)cc1. The molecule has 0 radical (unpaired) electrons. The van der Waals surface area contributed by atoms with Gasteiger partial charge in [-0.25, -0.2) is 0 Å². The molecule has 26 heavy (non-hydrogen) atoms. The van der Waals surface area contributed by atoms with Crippen molar-refractivity contribution >= 4 is 23.3 Å². The molecule has 0 saturated heterocycles. The van der Waals surface area contributed by atoms with Crippen molar-refractivity contribution in [2.45, 2.75) is 13.1 Å². The number of hydrogen-bond donors (Lipinski definition) is 2. The van der Waals surface area contributed by atoms with Gasteiger partial charge < -0.3 is 15.4 Å². The van der Waals surface area contributed by atoms with Crippen molar-refractivity contribution in [2.75, 3.05) is 18.5 Å². The summed E-state index contributed by atoms with van der Waals surface area (Å²) in [5, 5.41) is 5.21. The topological polar surface area (TPSA) is 80.3 Å². The number of amides is 1. The number of hydrogen-bond acceptors (Lipinski definition) is 5. The lowest BCUT2D eigenvalue weighted by Crippen LogP contribution is -2.30. The van der Waals surface area contributed by atoms with E-state index >= 15 is 0 Å². The number of halogens is 3. The van der Waals surface area contributed by atoms with Crippen molar-refractivity contribution in [3.63, 3.8) is 0 Å². The highest BCUT2D eigenvalue weighted by Crippen LogP contribution is 2.29. The number of aromatic nitrogens is 1. The second-order valence-corrected chi connectivity index (χ2v) is 5.12. The third-order valence-corrected chi connectivity index (χ3v) is 3.18. The van der Waals surface area contributed by atoms with Crippen LogP contribution >= 0.6 is 0 Å². The maximum atomic E-state index is 12.7. The molecule has 0 saturated carbocycles. The Kier molecular flexibility index (Phi) is 6.16. The number of benzene rings is 1.